The third kappa shape index (κ3) is 4.39. The number of ether oxygens (including phenoxy) is 1. The monoisotopic (exact) mass is 234 g/mol. The van der Waals surface area contributed by atoms with Crippen molar-refractivity contribution in [1.82, 2.24) is 0 Å². The van der Waals surface area contributed by atoms with Crippen molar-refractivity contribution in [2.45, 2.75) is 44.9 Å². The zero-order valence-corrected chi connectivity index (χ0v) is 10.5. The Morgan fingerprint density at radius 2 is 1.71 bits per heavy atom. The van der Waals surface area contributed by atoms with E-state index in [4.69, 9.17) is 9.84 Å². The Balaban J connectivity index is 1.46. The minimum Gasteiger partial charge on any atom is -0.494 e. The Morgan fingerprint density at radius 1 is 0.941 bits per heavy atom. The van der Waals surface area contributed by atoms with Gasteiger partial charge in [0, 0.05) is 6.61 Å². The van der Waals surface area contributed by atoms with Gasteiger partial charge in [-0.15, -0.1) is 0 Å². The molecule has 0 aliphatic heterocycles. The molecule has 0 unspecified atom stereocenters. The molecule has 0 fully saturated rings. The van der Waals surface area contributed by atoms with E-state index < -0.39 is 0 Å². The molecular formula is C15H22O2. The van der Waals surface area contributed by atoms with E-state index in [1.807, 2.05) is 0 Å². The highest BCUT2D eigenvalue weighted by Gasteiger charge is 2.16. The van der Waals surface area contributed by atoms with Crippen LogP contribution in [0.25, 0.3) is 0 Å². The molecule has 1 aromatic carbocycles. The second-order valence-electron chi connectivity index (χ2n) is 4.80. The van der Waals surface area contributed by atoms with Gasteiger partial charge in [0.25, 0.3) is 0 Å². The van der Waals surface area contributed by atoms with E-state index in [-0.39, 0.29) is 0 Å². The molecule has 0 saturated carbocycles. The van der Waals surface area contributed by atoms with Crippen molar-refractivity contribution in [3.63, 3.8) is 0 Å². The van der Waals surface area contributed by atoms with Crippen molar-refractivity contribution in [2.24, 2.45) is 0 Å². The standard InChI is InChI=1S/C15H22O2/c16-9-5-3-1-2-4-6-10-17-15-8-7-13-11-14(13)12-15/h7-8,12,16H,1-6,9-11H2. The van der Waals surface area contributed by atoms with Gasteiger partial charge in [0.1, 0.15) is 5.75 Å². The molecule has 2 rings (SSSR count). The van der Waals surface area contributed by atoms with Crippen LogP contribution in [-0.4, -0.2) is 18.3 Å². The smallest absolute Gasteiger partial charge is 0.119 e. The van der Waals surface area contributed by atoms with Crippen molar-refractivity contribution >= 4 is 0 Å². The van der Waals surface area contributed by atoms with Gasteiger partial charge < -0.3 is 9.84 Å². The molecule has 94 valence electrons. The summed E-state index contributed by atoms with van der Waals surface area (Å²) < 4.78 is 5.71. The third-order valence-electron chi connectivity index (χ3n) is 3.25. The van der Waals surface area contributed by atoms with E-state index in [1.54, 1.807) is 0 Å². The van der Waals surface area contributed by atoms with E-state index in [9.17, 15) is 0 Å². The summed E-state index contributed by atoms with van der Waals surface area (Å²) in [6.07, 6.45) is 8.13. The third-order valence-corrected chi connectivity index (χ3v) is 3.25. The highest BCUT2D eigenvalue weighted by molar-refractivity contribution is 5.49. The number of hydrogen-bond donors (Lipinski definition) is 1. The highest BCUT2D eigenvalue weighted by Crippen LogP contribution is 2.31. The van der Waals surface area contributed by atoms with Crippen molar-refractivity contribution in [2.75, 3.05) is 13.2 Å². The topological polar surface area (TPSA) is 29.5 Å². The maximum atomic E-state index is 8.64. The number of fused-ring (bicyclic) bond motifs is 1. The van der Waals surface area contributed by atoms with Gasteiger partial charge in [-0.1, -0.05) is 31.7 Å². The summed E-state index contributed by atoms with van der Waals surface area (Å²) in [4.78, 5) is 0. The molecular weight excluding hydrogens is 212 g/mol. The van der Waals surface area contributed by atoms with Crippen LogP contribution in [0.2, 0.25) is 0 Å². The quantitative estimate of drug-likeness (QED) is 0.675. The van der Waals surface area contributed by atoms with Crippen molar-refractivity contribution in [3.05, 3.63) is 29.3 Å². The summed E-state index contributed by atoms with van der Waals surface area (Å²) in [5.41, 5.74) is 2.92. The molecule has 2 nitrogen and oxygen atoms in total. The van der Waals surface area contributed by atoms with Crippen LogP contribution in [0.15, 0.2) is 18.2 Å². The van der Waals surface area contributed by atoms with Crippen LogP contribution in [0.5, 0.6) is 5.75 Å². The summed E-state index contributed by atoms with van der Waals surface area (Å²) >= 11 is 0. The average molecular weight is 234 g/mol. The molecule has 1 aliphatic carbocycles. The fourth-order valence-corrected chi connectivity index (χ4v) is 2.07. The lowest BCUT2D eigenvalue weighted by Gasteiger charge is -2.05. The second-order valence-corrected chi connectivity index (χ2v) is 4.80. The van der Waals surface area contributed by atoms with Crippen LogP contribution in [-0.2, 0) is 6.42 Å². The largest absolute Gasteiger partial charge is 0.494 e. The molecule has 1 aromatic rings. The first-order valence-corrected chi connectivity index (χ1v) is 6.75. The van der Waals surface area contributed by atoms with Gasteiger partial charge in [-0.2, -0.15) is 0 Å². The van der Waals surface area contributed by atoms with Gasteiger partial charge in [-0.3, -0.25) is 0 Å². The average Bonchev–Trinajstić information content (AvgIpc) is 3.11. The van der Waals surface area contributed by atoms with Gasteiger partial charge in [0.15, 0.2) is 0 Å². The number of rotatable bonds is 9. The summed E-state index contributed by atoms with van der Waals surface area (Å²) in [6.45, 7) is 1.17. The second kappa shape index (κ2) is 6.65. The molecule has 0 atom stereocenters. The SMILES string of the molecule is OCCCCCCCCOc1ccc2c(c1)C2. The Hall–Kier alpha value is -1.02. The van der Waals surface area contributed by atoms with Crippen molar-refractivity contribution in [1.29, 1.82) is 0 Å². The number of benzene rings is 1. The number of aliphatic hydroxyl groups is 1. The predicted octanol–water partition coefficient (Wildman–Crippen LogP) is 3.30. The lowest BCUT2D eigenvalue weighted by Crippen LogP contribution is -1.96. The van der Waals surface area contributed by atoms with Gasteiger partial charge in [-0.05, 0) is 42.5 Å². The summed E-state index contributed by atoms with van der Waals surface area (Å²) in [5, 5.41) is 8.64. The zero-order valence-electron chi connectivity index (χ0n) is 10.5. The van der Waals surface area contributed by atoms with E-state index in [1.165, 1.54) is 30.4 Å². The summed E-state index contributed by atoms with van der Waals surface area (Å²) in [5.74, 6) is 1.03. The molecule has 0 amide bonds. The van der Waals surface area contributed by atoms with E-state index in [0.29, 0.717) is 6.61 Å². The number of unbranched alkanes of at least 4 members (excludes halogenated alkanes) is 5. The zero-order chi connectivity index (χ0) is 11.9. The Bertz CT molecular complexity index is 347. The first-order valence-electron chi connectivity index (χ1n) is 6.75. The molecule has 0 radical (unpaired) electrons. The van der Waals surface area contributed by atoms with Crippen LogP contribution in [0.3, 0.4) is 0 Å². The Labute approximate surface area is 104 Å². The maximum absolute atomic E-state index is 8.64. The molecule has 0 aromatic heterocycles. The molecule has 1 N–H and O–H groups in total. The van der Waals surface area contributed by atoms with Crippen LogP contribution < -0.4 is 4.74 Å². The minimum atomic E-state index is 0.335. The predicted molar refractivity (Wildman–Crippen MR) is 69.5 cm³/mol. The molecule has 1 aliphatic rings. The first-order chi connectivity index (χ1) is 8.40. The van der Waals surface area contributed by atoms with Gasteiger partial charge >= 0.3 is 0 Å². The van der Waals surface area contributed by atoms with Crippen LogP contribution in [0.1, 0.15) is 49.7 Å². The summed E-state index contributed by atoms with van der Waals surface area (Å²) in [6, 6.07) is 6.41. The Morgan fingerprint density at radius 3 is 2.47 bits per heavy atom. The molecule has 17 heavy (non-hydrogen) atoms. The number of aliphatic hydroxyl groups excluding tert-OH is 1. The van der Waals surface area contributed by atoms with Gasteiger partial charge in [0.05, 0.1) is 6.61 Å². The van der Waals surface area contributed by atoms with Gasteiger partial charge in [-0.25, -0.2) is 0 Å². The summed E-state index contributed by atoms with van der Waals surface area (Å²) in [7, 11) is 0. The van der Waals surface area contributed by atoms with Crippen LogP contribution in [0, 0.1) is 0 Å². The van der Waals surface area contributed by atoms with Crippen molar-refractivity contribution in [3.8, 4) is 5.75 Å². The van der Waals surface area contributed by atoms with E-state index >= 15 is 0 Å². The lowest BCUT2D eigenvalue weighted by atomic mass is 10.1. The van der Waals surface area contributed by atoms with E-state index in [2.05, 4.69) is 18.2 Å². The maximum Gasteiger partial charge on any atom is 0.119 e. The van der Waals surface area contributed by atoms with E-state index in [0.717, 1.165) is 38.0 Å². The highest BCUT2D eigenvalue weighted by atomic mass is 16.5. The lowest BCUT2D eigenvalue weighted by molar-refractivity contribution is 0.280. The Kier molecular flexibility index (Phi) is 4.87. The number of hydrogen-bond acceptors (Lipinski definition) is 2. The molecule has 0 heterocycles. The van der Waals surface area contributed by atoms with Gasteiger partial charge in [0.2, 0.25) is 0 Å². The fourth-order valence-electron chi connectivity index (χ4n) is 2.07. The molecule has 2 heteroatoms. The van der Waals surface area contributed by atoms with Crippen molar-refractivity contribution < 1.29 is 9.84 Å². The first kappa shape index (κ1) is 12.4. The molecule has 0 bridgehead atoms. The normalized spacial score (nSPS) is 12.3. The molecule has 0 spiro atoms. The van der Waals surface area contributed by atoms with Crippen LogP contribution >= 0.6 is 0 Å². The molecule has 0 saturated heterocycles. The minimum absolute atomic E-state index is 0.335. The fraction of sp³-hybridized carbons (Fsp3) is 0.600. The van der Waals surface area contributed by atoms with Crippen LogP contribution in [0.4, 0.5) is 0 Å².